The summed E-state index contributed by atoms with van der Waals surface area (Å²) in [5.74, 6) is 2.73. The van der Waals surface area contributed by atoms with Gasteiger partial charge >= 0.3 is 0 Å². The summed E-state index contributed by atoms with van der Waals surface area (Å²) in [5.41, 5.74) is 1.93. The fourth-order valence-corrected chi connectivity index (χ4v) is 4.24. The van der Waals surface area contributed by atoms with Crippen molar-refractivity contribution in [2.45, 2.75) is 32.6 Å². The van der Waals surface area contributed by atoms with Crippen LogP contribution in [-0.4, -0.2) is 67.2 Å². The maximum Gasteiger partial charge on any atom is 0.227 e. The number of carbonyl (C=O) groups is 1. The average molecular weight is 410 g/mol. The molecule has 7 heteroatoms. The highest BCUT2D eigenvalue weighted by atomic mass is 16.5. The van der Waals surface area contributed by atoms with Gasteiger partial charge in [0.1, 0.15) is 11.6 Å². The van der Waals surface area contributed by atoms with Crippen molar-refractivity contribution in [2.75, 3.05) is 56.2 Å². The molecule has 0 spiro atoms. The predicted octanol–water partition coefficient (Wildman–Crippen LogP) is 2.68. The molecule has 0 unspecified atom stereocenters. The van der Waals surface area contributed by atoms with Crippen LogP contribution in [-0.2, 0) is 11.2 Å². The first kappa shape index (κ1) is 20.4. The molecule has 30 heavy (non-hydrogen) atoms. The van der Waals surface area contributed by atoms with Crippen LogP contribution in [0.3, 0.4) is 0 Å². The molecule has 2 aliphatic heterocycles. The number of carbonyl (C=O) groups excluding carboxylic acids is 1. The number of nitrogens with zero attached hydrogens (tertiary/aromatic N) is 5. The van der Waals surface area contributed by atoms with E-state index in [1.807, 2.05) is 36.1 Å². The summed E-state index contributed by atoms with van der Waals surface area (Å²) in [6, 6.07) is 9.78. The molecule has 3 heterocycles. The predicted molar refractivity (Wildman–Crippen MR) is 118 cm³/mol. The minimum absolute atomic E-state index is 0.145. The number of piperidine rings is 1. The van der Waals surface area contributed by atoms with Gasteiger partial charge in [0.2, 0.25) is 11.9 Å². The molecule has 2 saturated heterocycles. The lowest BCUT2D eigenvalue weighted by atomic mass is 10.1. The van der Waals surface area contributed by atoms with Crippen molar-refractivity contribution >= 4 is 17.7 Å². The monoisotopic (exact) mass is 409 g/mol. The van der Waals surface area contributed by atoms with Crippen molar-refractivity contribution in [1.82, 2.24) is 14.9 Å². The Bertz CT molecular complexity index is 874. The lowest BCUT2D eigenvalue weighted by Crippen LogP contribution is -2.49. The summed E-state index contributed by atoms with van der Waals surface area (Å²) < 4.78 is 5.38. The normalized spacial score (nSPS) is 17.2. The van der Waals surface area contributed by atoms with Crippen LogP contribution in [0.2, 0.25) is 0 Å². The van der Waals surface area contributed by atoms with Crippen LogP contribution in [0, 0.1) is 6.92 Å². The number of aromatic nitrogens is 2. The number of hydrogen-bond donors (Lipinski definition) is 0. The molecule has 7 nitrogen and oxygen atoms in total. The van der Waals surface area contributed by atoms with Gasteiger partial charge in [-0.3, -0.25) is 4.79 Å². The Morgan fingerprint density at radius 1 is 0.967 bits per heavy atom. The van der Waals surface area contributed by atoms with E-state index in [1.165, 1.54) is 19.3 Å². The van der Waals surface area contributed by atoms with Gasteiger partial charge in [0.15, 0.2) is 0 Å². The third kappa shape index (κ3) is 4.66. The molecule has 0 saturated carbocycles. The van der Waals surface area contributed by atoms with Crippen molar-refractivity contribution < 1.29 is 9.53 Å². The van der Waals surface area contributed by atoms with Gasteiger partial charge in [0.05, 0.1) is 13.5 Å². The van der Waals surface area contributed by atoms with E-state index in [9.17, 15) is 4.79 Å². The van der Waals surface area contributed by atoms with Crippen molar-refractivity contribution in [3.05, 3.63) is 41.6 Å². The van der Waals surface area contributed by atoms with E-state index in [2.05, 4.69) is 20.9 Å². The number of anilines is 2. The minimum Gasteiger partial charge on any atom is -0.496 e. The van der Waals surface area contributed by atoms with E-state index in [0.29, 0.717) is 19.5 Å². The molecule has 0 atom stereocenters. The lowest BCUT2D eigenvalue weighted by Gasteiger charge is -2.36. The summed E-state index contributed by atoms with van der Waals surface area (Å²) in [7, 11) is 1.64. The van der Waals surface area contributed by atoms with Gasteiger partial charge in [0.25, 0.3) is 0 Å². The minimum atomic E-state index is 0.145. The molecular weight excluding hydrogens is 378 g/mol. The van der Waals surface area contributed by atoms with Gasteiger partial charge in [0, 0.05) is 56.6 Å². The van der Waals surface area contributed by atoms with E-state index >= 15 is 0 Å². The topological polar surface area (TPSA) is 61.8 Å². The third-order valence-electron chi connectivity index (χ3n) is 5.96. The number of ether oxygens (including phenoxy) is 1. The Morgan fingerprint density at radius 3 is 2.43 bits per heavy atom. The van der Waals surface area contributed by atoms with Gasteiger partial charge in [-0.1, -0.05) is 18.2 Å². The molecule has 1 aromatic carbocycles. The highest BCUT2D eigenvalue weighted by molar-refractivity contribution is 5.79. The number of benzene rings is 1. The van der Waals surface area contributed by atoms with Crippen LogP contribution >= 0.6 is 0 Å². The van der Waals surface area contributed by atoms with E-state index in [4.69, 9.17) is 9.72 Å². The molecule has 2 aliphatic rings. The van der Waals surface area contributed by atoms with E-state index in [-0.39, 0.29) is 5.91 Å². The van der Waals surface area contributed by atoms with Crippen LogP contribution in [0.5, 0.6) is 5.75 Å². The second-order valence-corrected chi connectivity index (χ2v) is 8.07. The largest absolute Gasteiger partial charge is 0.496 e. The molecule has 160 valence electrons. The highest BCUT2D eigenvalue weighted by Gasteiger charge is 2.24. The second-order valence-electron chi connectivity index (χ2n) is 8.07. The van der Waals surface area contributed by atoms with E-state index < -0.39 is 0 Å². The van der Waals surface area contributed by atoms with E-state index in [1.54, 1.807) is 7.11 Å². The number of methoxy groups -OCH3 is 1. The molecule has 0 aliphatic carbocycles. The Hall–Kier alpha value is -2.83. The summed E-state index contributed by atoms with van der Waals surface area (Å²) in [6.45, 7) is 7.08. The molecule has 1 aromatic heterocycles. The van der Waals surface area contributed by atoms with Gasteiger partial charge in [-0.15, -0.1) is 0 Å². The fraction of sp³-hybridized carbons (Fsp3) is 0.522. The number of aryl methyl sites for hydroxylation is 1. The Labute approximate surface area is 178 Å². The van der Waals surface area contributed by atoms with Crippen LogP contribution in [0.1, 0.15) is 30.5 Å². The molecule has 2 fully saturated rings. The zero-order chi connectivity index (χ0) is 20.9. The third-order valence-corrected chi connectivity index (χ3v) is 5.96. The van der Waals surface area contributed by atoms with Gasteiger partial charge in [-0.2, -0.15) is 4.98 Å². The first-order valence-electron chi connectivity index (χ1n) is 10.9. The molecular formula is C23H31N5O2. The van der Waals surface area contributed by atoms with Crippen LogP contribution in [0.4, 0.5) is 11.8 Å². The number of hydrogen-bond acceptors (Lipinski definition) is 6. The molecule has 2 aromatic rings. The molecule has 0 bridgehead atoms. The smallest absolute Gasteiger partial charge is 0.227 e. The molecule has 0 N–H and O–H groups in total. The quantitative estimate of drug-likeness (QED) is 0.757. The van der Waals surface area contributed by atoms with Crippen molar-refractivity contribution in [3.8, 4) is 5.75 Å². The van der Waals surface area contributed by atoms with E-state index in [0.717, 1.165) is 55.0 Å². The van der Waals surface area contributed by atoms with Gasteiger partial charge in [-0.05, 0) is 32.3 Å². The number of para-hydroxylation sites is 1. The first-order chi connectivity index (χ1) is 14.6. The Kier molecular flexibility index (Phi) is 6.35. The maximum atomic E-state index is 12.8. The van der Waals surface area contributed by atoms with Gasteiger partial charge < -0.3 is 19.4 Å². The molecule has 0 radical (unpaired) electrons. The standard InChI is InChI=1S/C23H31N5O2/c1-18-16-21(25-23(24-18)28-10-6-3-7-11-28)26-12-14-27(15-13-26)22(29)17-19-8-4-5-9-20(19)30-2/h4-5,8-9,16H,3,6-7,10-15,17H2,1-2H3. The maximum absolute atomic E-state index is 12.8. The van der Waals surface area contributed by atoms with Crippen molar-refractivity contribution in [2.24, 2.45) is 0 Å². The number of piperazine rings is 1. The number of rotatable bonds is 5. The van der Waals surface area contributed by atoms with Crippen LogP contribution in [0.15, 0.2) is 30.3 Å². The number of amides is 1. The summed E-state index contributed by atoms with van der Waals surface area (Å²) >= 11 is 0. The van der Waals surface area contributed by atoms with Crippen LogP contribution < -0.4 is 14.5 Å². The Balaban J connectivity index is 1.38. The molecule has 1 amide bonds. The average Bonchev–Trinajstić information content (AvgIpc) is 2.79. The van der Waals surface area contributed by atoms with Crippen molar-refractivity contribution in [3.63, 3.8) is 0 Å². The molecule has 4 rings (SSSR count). The zero-order valence-electron chi connectivity index (χ0n) is 18.0. The van der Waals surface area contributed by atoms with Gasteiger partial charge in [-0.25, -0.2) is 4.98 Å². The summed E-state index contributed by atoms with van der Waals surface area (Å²) in [5, 5.41) is 0. The second kappa shape index (κ2) is 9.32. The van der Waals surface area contributed by atoms with Crippen LogP contribution in [0.25, 0.3) is 0 Å². The van der Waals surface area contributed by atoms with Crippen molar-refractivity contribution in [1.29, 1.82) is 0 Å². The first-order valence-corrected chi connectivity index (χ1v) is 10.9. The lowest BCUT2D eigenvalue weighted by molar-refractivity contribution is -0.130. The highest BCUT2D eigenvalue weighted by Crippen LogP contribution is 2.23. The fourth-order valence-electron chi connectivity index (χ4n) is 4.24. The summed E-state index contributed by atoms with van der Waals surface area (Å²) in [6.07, 6.45) is 4.08. The summed E-state index contributed by atoms with van der Waals surface area (Å²) in [4.78, 5) is 28.9. The zero-order valence-corrected chi connectivity index (χ0v) is 18.0. The SMILES string of the molecule is COc1ccccc1CC(=O)N1CCN(c2cc(C)nc(N3CCCCC3)n2)CC1. The Morgan fingerprint density at radius 2 is 1.70 bits per heavy atom.